The fraction of sp³-hybridized carbons (Fsp3) is 0.333. The van der Waals surface area contributed by atoms with Gasteiger partial charge in [0.2, 0.25) is 5.95 Å². The highest BCUT2D eigenvalue weighted by Crippen LogP contribution is 2.40. The summed E-state index contributed by atoms with van der Waals surface area (Å²) < 4.78 is 15.0. The first-order chi connectivity index (χ1) is 11.5. The Hall–Kier alpha value is -2.97. The van der Waals surface area contributed by atoms with Crippen LogP contribution in [0, 0.1) is 5.82 Å². The lowest BCUT2D eigenvalue weighted by Crippen LogP contribution is -2.61. The van der Waals surface area contributed by atoms with E-state index >= 15 is 0 Å². The predicted molar refractivity (Wildman–Crippen MR) is 82.6 cm³/mol. The highest BCUT2D eigenvalue weighted by atomic mass is 19.1. The van der Waals surface area contributed by atoms with Crippen LogP contribution >= 0.6 is 0 Å². The second kappa shape index (κ2) is 5.02. The summed E-state index contributed by atoms with van der Waals surface area (Å²) in [6, 6.07) is 4.83. The van der Waals surface area contributed by atoms with Crippen LogP contribution in [0.4, 0.5) is 15.1 Å². The fourth-order valence-electron chi connectivity index (χ4n) is 3.33. The SMILES string of the molecule is CCN1c2nnc(-c3ccc(F)cc3)n2C2C1C(=O)NC(=O)N2C. The minimum Gasteiger partial charge on any atom is -0.325 e. The van der Waals surface area contributed by atoms with Crippen molar-refractivity contribution < 1.29 is 14.0 Å². The molecule has 0 aliphatic carbocycles. The van der Waals surface area contributed by atoms with Crippen molar-refractivity contribution in [2.75, 3.05) is 18.5 Å². The molecule has 1 fully saturated rings. The third-order valence-electron chi connectivity index (χ3n) is 4.48. The molecule has 24 heavy (non-hydrogen) atoms. The number of nitrogens with zero attached hydrogens (tertiary/aromatic N) is 5. The number of benzene rings is 1. The van der Waals surface area contributed by atoms with Crippen LogP contribution < -0.4 is 10.2 Å². The van der Waals surface area contributed by atoms with Crippen LogP contribution in [0.2, 0.25) is 0 Å². The van der Waals surface area contributed by atoms with Gasteiger partial charge in [0.1, 0.15) is 12.0 Å². The van der Waals surface area contributed by atoms with Crippen LogP contribution in [0.1, 0.15) is 13.1 Å². The fourth-order valence-corrected chi connectivity index (χ4v) is 3.33. The lowest BCUT2D eigenvalue weighted by molar-refractivity contribution is -0.124. The maximum Gasteiger partial charge on any atom is 0.325 e. The number of rotatable bonds is 2. The maximum atomic E-state index is 13.2. The number of amides is 3. The number of carbonyl (C=O) groups excluding carboxylic acids is 2. The van der Waals surface area contributed by atoms with Crippen LogP contribution in [-0.4, -0.2) is 51.2 Å². The second-order valence-corrected chi connectivity index (χ2v) is 5.75. The summed E-state index contributed by atoms with van der Waals surface area (Å²) >= 11 is 0. The summed E-state index contributed by atoms with van der Waals surface area (Å²) in [6.07, 6.45) is -0.545. The lowest BCUT2D eigenvalue weighted by atomic mass is 10.1. The van der Waals surface area contributed by atoms with Gasteiger partial charge in [-0.25, -0.2) is 9.18 Å². The zero-order chi connectivity index (χ0) is 17.0. The van der Waals surface area contributed by atoms with Gasteiger partial charge < -0.3 is 9.80 Å². The molecule has 8 nitrogen and oxygen atoms in total. The van der Waals surface area contributed by atoms with Gasteiger partial charge in [0, 0.05) is 19.2 Å². The molecule has 0 radical (unpaired) electrons. The standard InChI is InChI=1S/C15H15FN6O2/c1-3-21-10-12(23)17-15(24)20(2)13(10)22-11(18-19-14(21)22)8-4-6-9(16)7-5-8/h4-7,10,13H,3H2,1-2H3,(H,17,23,24). The van der Waals surface area contributed by atoms with Gasteiger partial charge in [-0.2, -0.15) is 0 Å². The van der Waals surface area contributed by atoms with Gasteiger partial charge in [-0.3, -0.25) is 14.7 Å². The van der Waals surface area contributed by atoms with Crippen LogP contribution in [0.25, 0.3) is 11.4 Å². The summed E-state index contributed by atoms with van der Waals surface area (Å²) in [5, 5.41) is 10.7. The van der Waals surface area contributed by atoms with Crippen molar-refractivity contribution in [1.29, 1.82) is 0 Å². The van der Waals surface area contributed by atoms with Gasteiger partial charge in [-0.15, -0.1) is 10.2 Å². The Morgan fingerprint density at radius 3 is 2.58 bits per heavy atom. The molecule has 9 heteroatoms. The van der Waals surface area contributed by atoms with Crippen molar-refractivity contribution in [3.63, 3.8) is 0 Å². The summed E-state index contributed by atoms with van der Waals surface area (Å²) in [6.45, 7) is 2.45. The summed E-state index contributed by atoms with van der Waals surface area (Å²) in [7, 11) is 1.62. The first-order valence-electron chi connectivity index (χ1n) is 7.58. The molecule has 2 unspecified atom stereocenters. The number of halogens is 1. The Bertz CT molecular complexity index is 833. The van der Waals surface area contributed by atoms with Crippen molar-refractivity contribution in [3.8, 4) is 11.4 Å². The van der Waals surface area contributed by atoms with E-state index in [4.69, 9.17) is 0 Å². The molecular weight excluding hydrogens is 315 g/mol. The monoisotopic (exact) mass is 330 g/mol. The third-order valence-corrected chi connectivity index (χ3v) is 4.48. The number of hydrogen-bond donors (Lipinski definition) is 1. The van der Waals surface area contributed by atoms with Crippen molar-refractivity contribution in [2.24, 2.45) is 0 Å². The first-order valence-corrected chi connectivity index (χ1v) is 7.58. The molecule has 1 aromatic carbocycles. The average molecular weight is 330 g/mol. The minimum atomic E-state index is -0.567. The molecule has 124 valence electrons. The molecule has 2 aliphatic heterocycles. The third kappa shape index (κ3) is 1.84. The molecule has 2 atom stereocenters. The van der Waals surface area contributed by atoms with E-state index in [0.717, 1.165) is 0 Å². The highest BCUT2D eigenvalue weighted by molar-refractivity contribution is 6.02. The molecule has 2 aromatic rings. The van der Waals surface area contributed by atoms with Crippen LogP contribution in [0.15, 0.2) is 24.3 Å². The minimum absolute atomic E-state index is 0.350. The van der Waals surface area contributed by atoms with E-state index in [1.54, 1.807) is 23.7 Å². The van der Waals surface area contributed by atoms with Gasteiger partial charge in [-0.05, 0) is 31.2 Å². The van der Waals surface area contributed by atoms with E-state index in [-0.39, 0.29) is 11.7 Å². The summed E-state index contributed by atoms with van der Waals surface area (Å²) in [5.41, 5.74) is 0.665. The molecule has 3 amide bonds. The lowest BCUT2D eigenvalue weighted by Gasteiger charge is -2.36. The number of urea groups is 1. The smallest absolute Gasteiger partial charge is 0.325 e. The Morgan fingerprint density at radius 2 is 1.92 bits per heavy atom. The van der Waals surface area contributed by atoms with Gasteiger partial charge >= 0.3 is 6.03 Å². The molecule has 1 saturated heterocycles. The van der Waals surface area contributed by atoms with E-state index in [2.05, 4.69) is 15.5 Å². The number of likely N-dealkylation sites (N-methyl/N-ethyl adjacent to an activating group) is 2. The number of nitrogens with one attached hydrogen (secondary N) is 1. The van der Waals surface area contributed by atoms with Crippen molar-refractivity contribution in [2.45, 2.75) is 19.1 Å². The Morgan fingerprint density at radius 1 is 1.21 bits per heavy atom. The van der Waals surface area contributed by atoms with Gasteiger partial charge in [0.05, 0.1) is 0 Å². The quantitative estimate of drug-likeness (QED) is 0.887. The van der Waals surface area contributed by atoms with E-state index in [1.165, 1.54) is 17.0 Å². The maximum absolute atomic E-state index is 13.2. The Balaban J connectivity index is 1.89. The summed E-state index contributed by atoms with van der Waals surface area (Å²) in [5.74, 6) is 0.298. The largest absolute Gasteiger partial charge is 0.325 e. The molecule has 2 aliphatic rings. The number of carbonyl (C=O) groups is 2. The van der Waals surface area contributed by atoms with Crippen molar-refractivity contribution in [1.82, 2.24) is 25.0 Å². The predicted octanol–water partition coefficient (Wildman–Crippen LogP) is 0.973. The van der Waals surface area contributed by atoms with Crippen LogP contribution in [0.3, 0.4) is 0 Å². The average Bonchev–Trinajstić information content (AvgIpc) is 3.11. The van der Waals surface area contributed by atoms with Crippen LogP contribution in [-0.2, 0) is 4.79 Å². The van der Waals surface area contributed by atoms with Crippen molar-refractivity contribution >= 4 is 17.9 Å². The van der Waals surface area contributed by atoms with E-state index in [1.807, 2.05) is 11.8 Å². The van der Waals surface area contributed by atoms with E-state index < -0.39 is 18.2 Å². The highest BCUT2D eigenvalue weighted by Gasteiger charge is 2.51. The molecular formula is C15H15FN6O2. The molecule has 4 rings (SSSR count). The normalized spacial score (nSPS) is 22.5. The molecule has 0 bridgehead atoms. The zero-order valence-electron chi connectivity index (χ0n) is 13.1. The van der Waals surface area contributed by atoms with E-state index in [9.17, 15) is 14.0 Å². The molecule has 0 saturated carbocycles. The van der Waals surface area contributed by atoms with Crippen molar-refractivity contribution in [3.05, 3.63) is 30.1 Å². The number of hydrogen-bond acceptors (Lipinski definition) is 5. The molecule has 3 heterocycles. The first kappa shape index (κ1) is 14.6. The Kier molecular flexibility index (Phi) is 3.05. The molecule has 1 aromatic heterocycles. The number of fused-ring (bicyclic) bond motifs is 3. The van der Waals surface area contributed by atoms with Gasteiger partial charge in [0.15, 0.2) is 11.9 Å². The van der Waals surface area contributed by atoms with Gasteiger partial charge in [0.25, 0.3) is 5.91 Å². The second-order valence-electron chi connectivity index (χ2n) is 5.75. The van der Waals surface area contributed by atoms with Crippen LogP contribution in [0.5, 0.6) is 0 Å². The number of anilines is 1. The zero-order valence-corrected chi connectivity index (χ0v) is 13.1. The molecule has 0 spiro atoms. The number of aromatic nitrogens is 3. The van der Waals surface area contributed by atoms with Gasteiger partial charge in [-0.1, -0.05) is 0 Å². The Labute approximate surface area is 136 Å². The molecule has 1 N–H and O–H groups in total. The van der Waals surface area contributed by atoms with E-state index in [0.29, 0.717) is 23.9 Å². The summed E-state index contributed by atoms with van der Waals surface area (Å²) in [4.78, 5) is 27.7. The topological polar surface area (TPSA) is 83.4 Å². The number of imide groups is 1.